The lowest BCUT2D eigenvalue weighted by Gasteiger charge is -2.26. The number of terminal acetylenes is 1. The predicted molar refractivity (Wildman–Crippen MR) is 168 cm³/mol. The van der Waals surface area contributed by atoms with Gasteiger partial charge in [-0.1, -0.05) is 43.9 Å². The number of nitrogens with zero attached hydrogens (tertiary/aromatic N) is 3. The van der Waals surface area contributed by atoms with E-state index in [4.69, 9.17) is 10.7 Å². The van der Waals surface area contributed by atoms with Crippen molar-refractivity contribution in [2.75, 3.05) is 19.6 Å². The number of nitrogens with one attached hydrogen (secondary N) is 1. The Labute approximate surface area is 237 Å². The molecule has 0 aromatic carbocycles. The Morgan fingerprint density at radius 2 is 1.92 bits per heavy atom. The summed E-state index contributed by atoms with van der Waals surface area (Å²) in [5.74, 6) is 0.845. The van der Waals surface area contributed by atoms with Crippen LogP contribution in [0.4, 0.5) is 0 Å². The van der Waals surface area contributed by atoms with Crippen LogP contribution in [0, 0.1) is 12.8 Å². The molecule has 1 fully saturated rings. The Kier molecular flexibility index (Phi) is 11.3. The van der Waals surface area contributed by atoms with Crippen LogP contribution in [0.3, 0.4) is 0 Å². The number of aromatic nitrogens is 3. The van der Waals surface area contributed by atoms with Crippen LogP contribution >= 0.6 is 11.3 Å². The van der Waals surface area contributed by atoms with Gasteiger partial charge in [-0.15, -0.1) is 12.8 Å². The van der Waals surface area contributed by atoms with Gasteiger partial charge in [0.1, 0.15) is 11.3 Å². The highest BCUT2D eigenvalue weighted by atomic mass is 32.1. The highest BCUT2D eigenvalue weighted by molar-refractivity contribution is 7.08. The van der Waals surface area contributed by atoms with Crippen LogP contribution in [-0.2, 0) is 6.42 Å². The van der Waals surface area contributed by atoms with E-state index in [1.165, 1.54) is 24.8 Å². The summed E-state index contributed by atoms with van der Waals surface area (Å²) < 4.78 is 0. The number of hydrogen-bond donors (Lipinski definition) is 2. The molecule has 1 saturated heterocycles. The molecule has 1 aliphatic heterocycles. The second kappa shape index (κ2) is 14.9. The van der Waals surface area contributed by atoms with E-state index in [1.807, 2.05) is 38.3 Å². The number of aromatic amines is 1. The third-order valence-electron chi connectivity index (χ3n) is 6.77. The zero-order valence-corrected chi connectivity index (χ0v) is 23.9. The minimum Gasteiger partial charge on any atom is -0.399 e. The number of nitrogens with two attached hydrogens (primary N) is 1. The lowest BCUT2D eigenvalue weighted by atomic mass is 9.98. The summed E-state index contributed by atoms with van der Waals surface area (Å²) in [7, 11) is 0. The molecule has 3 aromatic rings. The second-order valence-electron chi connectivity index (χ2n) is 9.37. The molecule has 3 aromatic heterocycles. The van der Waals surface area contributed by atoms with Crippen molar-refractivity contribution < 1.29 is 0 Å². The molecule has 0 amide bonds. The van der Waals surface area contributed by atoms with E-state index in [2.05, 4.69) is 75.9 Å². The Bertz CT molecular complexity index is 1410. The SMILES string of the molecule is C#C.C=C/C(=C\C(=C/C)C(=C)/C=C(Cc1nc2c(-c3ccsc3)nccc2[nH]1)\C(N)=C/C)CN1CCCCC1. The van der Waals surface area contributed by atoms with Crippen molar-refractivity contribution in [1.82, 2.24) is 19.9 Å². The first-order valence-corrected chi connectivity index (χ1v) is 14.2. The fourth-order valence-electron chi connectivity index (χ4n) is 4.68. The average molecular weight is 538 g/mol. The summed E-state index contributed by atoms with van der Waals surface area (Å²) in [4.78, 5) is 15.5. The molecule has 0 unspecified atom stereocenters. The van der Waals surface area contributed by atoms with E-state index >= 15 is 0 Å². The molecular weight excluding hydrogens is 498 g/mol. The van der Waals surface area contributed by atoms with Crippen molar-refractivity contribution in [3.8, 4) is 24.1 Å². The van der Waals surface area contributed by atoms with Crippen molar-refractivity contribution in [1.29, 1.82) is 0 Å². The van der Waals surface area contributed by atoms with Crippen molar-refractivity contribution in [2.45, 2.75) is 39.5 Å². The number of fused-ring (bicyclic) bond motifs is 1. The van der Waals surface area contributed by atoms with Crippen molar-refractivity contribution >= 4 is 22.4 Å². The zero-order valence-electron chi connectivity index (χ0n) is 23.1. The van der Waals surface area contributed by atoms with Crippen molar-refractivity contribution in [3.05, 3.63) is 106 Å². The van der Waals surface area contributed by atoms with E-state index < -0.39 is 0 Å². The third kappa shape index (κ3) is 7.79. The van der Waals surface area contributed by atoms with Gasteiger partial charge in [0.15, 0.2) is 0 Å². The Balaban J connectivity index is 0.00000205. The summed E-state index contributed by atoms with van der Waals surface area (Å²) in [6.07, 6.45) is 24.5. The number of thiophene rings is 1. The van der Waals surface area contributed by atoms with E-state index in [9.17, 15) is 0 Å². The fourth-order valence-corrected chi connectivity index (χ4v) is 5.32. The van der Waals surface area contributed by atoms with Gasteiger partial charge < -0.3 is 10.7 Å². The van der Waals surface area contributed by atoms with Gasteiger partial charge in [0, 0.05) is 35.8 Å². The number of imidazole rings is 1. The molecule has 202 valence electrons. The van der Waals surface area contributed by atoms with Crippen molar-refractivity contribution in [3.63, 3.8) is 0 Å². The molecule has 5 nitrogen and oxygen atoms in total. The molecule has 0 spiro atoms. The molecule has 1 aliphatic rings. The first kappa shape index (κ1) is 29.6. The number of pyridine rings is 1. The monoisotopic (exact) mass is 537 g/mol. The van der Waals surface area contributed by atoms with E-state index in [-0.39, 0.29) is 0 Å². The number of likely N-dealkylation sites (tertiary alicyclic amines) is 1. The van der Waals surface area contributed by atoms with E-state index in [0.717, 1.165) is 70.2 Å². The van der Waals surface area contributed by atoms with Crippen molar-refractivity contribution in [2.24, 2.45) is 5.73 Å². The quantitative estimate of drug-likeness (QED) is 0.209. The molecule has 0 bridgehead atoms. The summed E-state index contributed by atoms with van der Waals surface area (Å²) in [6, 6.07) is 4.04. The lowest BCUT2D eigenvalue weighted by Crippen LogP contribution is -2.31. The molecule has 3 N–H and O–H groups in total. The minimum atomic E-state index is 0.565. The number of rotatable bonds is 10. The first-order valence-electron chi connectivity index (χ1n) is 13.3. The van der Waals surface area contributed by atoms with Crippen LogP contribution in [0.2, 0.25) is 0 Å². The maximum atomic E-state index is 6.45. The van der Waals surface area contributed by atoms with Crippen LogP contribution in [-0.4, -0.2) is 39.5 Å². The zero-order chi connectivity index (χ0) is 28.2. The van der Waals surface area contributed by atoms with Crippen LogP contribution in [0.25, 0.3) is 22.3 Å². The van der Waals surface area contributed by atoms with Gasteiger partial charge >= 0.3 is 0 Å². The normalized spacial score (nSPS) is 15.6. The molecule has 0 radical (unpaired) electrons. The maximum Gasteiger partial charge on any atom is 0.115 e. The highest BCUT2D eigenvalue weighted by Gasteiger charge is 2.14. The van der Waals surface area contributed by atoms with Gasteiger partial charge in [-0.3, -0.25) is 9.88 Å². The lowest BCUT2D eigenvalue weighted by molar-refractivity contribution is 0.248. The number of H-pyrrole nitrogens is 1. The molecule has 4 rings (SSSR count). The Morgan fingerprint density at radius 3 is 2.56 bits per heavy atom. The van der Waals surface area contributed by atoms with Crippen LogP contribution in [0.15, 0.2) is 101 Å². The molecule has 6 heteroatoms. The Morgan fingerprint density at radius 1 is 1.15 bits per heavy atom. The first-order chi connectivity index (χ1) is 19.0. The number of piperidine rings is 1. The second-order valence-corrected chi connectivity index (χ2v) is 10.2. The highest BCUT2D eigenvalue weighted by Crippen LogP contribution is 2.28. The van der Waals surface area contributed by atoms with Gasteiger partial charge in [-0.2, -0.15) is 11.3 Å². The smallest absolute Gasteiger partial charge is 0.115 e. The largest absolute Gasteiger partial charge is 0.399 e. The summed E-state index contributed by atoms with van der Waals surface area (Å²) in [5.41, 5.74) is 15.1. The van der Waals surface area contributed by atoms with Gasteiger partial charge in [0.05, 0.1) is 11.2 Å². The number of allylic oxidation sites excluding steroid dienone is 7. The van der Waals surface area contributed by atoms with Gasteiger partial charge in [0.25, 0.3) is 0 Å². The molecule has 0 atom stereocenters. The molecule has 0 saturated carbocycles. The molecular formula is C33H39N5S. The van der Waals surface area contributed by atoms with Gasteiger partial charge in [-0.05, 0) is 85.7 Å². The summed E-state index contributed by atoms with van der Waals surface area (Å²) in [6.45, 7) is 15.7. The Hall–Kier alpha value is -3.92. The number of hydrogen-bond acceptors (Lipinski definition) is 5. The summed E-state index contributed by atoms with van der Waals surface area (Å²) >= 11 is 1.65. The van der Waals surface area contributed by atoms with E-state index in [1.54, 1.807) is 11.3 Å². The van der Waals surface area contributed by atoms with Crippen LogP contribution in [0.5, 0.6) is 0 Å². The van der Waals surface area contributed by atoms with Gasteiger partial charge in [0.2, 0.25) is 0 Å². The molecule has 39 heavy (non-hydrogen) atoms. The topological polar surface area (TPSA) is 70.8 Å². The summed E-state index contributed by atoms with van der Waals surface area (Å²) in [5, 5.41) is 4.15. The van der Waals surface area contributed by atoms with Crippen LogP contribution < -0.4 is 5.73 Å². The standard InChI is InChI=1S/C31H37N5S.C2H2/c1-5-23(20-36-14-9-8-10-15-36)18-24(6-2)22(4)17-26(27(32)7-3)19-29-34-28-11-13-33-30(31(28)35-29)25-12-16-37-21-25;1-2/h5-7,11-13,16-18,21H,1,4,8-10,14-15,19-20,32H2,2-3H3,(H,34,35);1-2H/b23-18+,24-6+,26-17-,27-7+;. The maximum absolute atomic E-state index is 6.45. The van der Waals surface area contributed by atoms with Crippen LogP contribution in [0.1, 0.15) is 38.9 Å². The average Bonchev–Trinajstić information content (AvgIpc) is 3.66. The predicted octanol–water partition coefficient (Wildman–Crippen LogP) is 7.37. The van der Waals surface area contributed by atoms with E-state index in [0.29, 0.717) is 6.42 Å². The molecule has 4 heterocycles. The fraction of sp³-hybridized carbons (Fsp3) is 0.273. The molecule has 0 aliphatic carbocycles. The van der Waals surface area contributed by atoms with Gasteiger partial charge in [-0.25, -0.2) is 4.98 Å². The minimum absolute atomic E-state index is 0.565. The third-order valence-corrected chi connectivity index (χ3v) is 7.46.